The predicted molar refractivity (Wildman–Crippen MR) is 73.6 cm³/mol. The number of hydrogen-bond acceptors (Lipinski definition) is 4. The van der Waals surface area contributed by atoms with Gasteiger partial charge in [0, 0.05) is 24.1 Å². The van der Waals surface area contributed by atoms with Crippen molar-refractivity contribution in [2.45, 2.75) is 30.7 Å². The molecular weight excluding hydrogens is 294 g/mol. The molecule has 1 aliphatic rings. The monoisotopic (exact) mass is 309 g/mol. The predicted octanol–water partition coefficient (Wildman–Crippen LogP) is 1.58. The third-order valence-electron chi connectivity index (χ3n) is 2.96. The van der Waals surface area contributed by atoms with Crippen molar-refractivity contribution in [3.05, 3.63) is 11.4 Å². The van der Waals surface area contributed by atoms with E-state index in [0.717, 1.165) is 11.5 Å². The Labute approximate surface area is 116 Å². The second-order valence-electron chi connectivity index (χ2n) is 4.30. The Bertz CT molecular complexity index is 529. The van der Waals surface area contributed by atoms with Crippen molar-refractivity contribution in [1.29, 1.82) is 0 Å². The van der Waals surface area contributed by atoms with Crippen LogP contribution in [0.25, 0.3) is 0 Å². The van der Waals surface area contributed by atoms with Crippen LogP contribution in [0.4, 0.5) is 0 Å². The van der Waals surface area contributed by atoms with Gasteiger partial charge in [-0.05, 0) is 13.8 Å². The van der Waals surface area contributed by atoms with E-state index in [1.165, 1.54) is 0 Å². The Kier molecular flexibility index (Phi) is 4.25. The molecule has 1 fully saturated rings. The first kappa shape index (κ1) is 14.2. The molecule has 0 saturated carbocycles. The standard InChI is InChI=1S/C10H16ClN3O2S2/c1-7-6-17-4-3-14(7)18(15,16)10-8(2)12-13-9(10)5-11/h7H,3-6H2,1-2H3,(H,12,13). The van der Waals surface area contributed by atoms with Crippen LogP contribution in [-0.2, 0) is 15.9 Å². The molecule has 1 aliphatic heterocycles. The van der Waals surface area contributed by atoms with Gasteiger partial charge in [-0.1, -0.05) is 0 Å². The number of aryl methyl sites for hydroxylation is 1. The zero-order chi connectivity index (χ0) is 13.3. The third-order valence-corrected chi connectivity index (χ3v) is 6.62. The second kappa shape index (κ2) is 5.40. The number of nitrogens with zero attached hydrogens (tertiary/aromatic N) is 2. The Morgan fingerprint density at radius 1 is 1.61 bits per heavy atom. The van der Waals surface area contributed by atoms with Gasteiger partial charge in [-0.2, -0.15) is 21.2 Å². The Morgan fingerprint density at radius 3 is 2.94 bits per heavy atom. The number of alkyl halides is 1. The summed E-state index contributed by atoms with van der Waals surface area (Å²) in [7, 11) is -3.50. The van der Waals surface area contributed by atoms with Gasteiger partial charge in [0.05, 0.1) is 17.3 Å². The summed E-state index contributed by atoms with van der Waals surface area (Å²) in [5, 5.41) is 6.66. The van der Waals surface area contributed by atoms with E-state index >= 15 is 0 Å². The molecule has 0 aliphatic carbocycles. The van der Waals surface area contributed by atoms with Crippen LogP contribution in [0.3, 0.4) is 0 Å². The van der Waals surface area contributed by atoms with Gasteiger partial charge >= 0.3 is 0 Å². The van der Waals surface area contributed by atoms with E-state index in [0.29, 0.717) is 17.9 Å². The summed E-state index contributed by atoms with van der Waals surface area (Å²) >= 11 is 7.54. The summed E-state index contributed by atoms with van der Waals surface area (Å²) < 4.78 is 26.9. The molecule has 1 saturated heterocycles. The van der Waals surface area contributed by atoms with Crippen LogP contribution < -0.4 is 0 Å². The number of aromatic nitrogens is 2. The highest BCUT2D eigenvalue weighted by molar-refractivity contribution is 7.99. The maximum atomic E-state index is 12.7. The number of aromatic amines is 1. The highest BCUT2D eigenvalue weighted by Crippen LogP contribution is 2.28. The van der Waals surface area contributed by atoms with Crippen molar-refractivity contribution in [3.8, 4) is 0 Å². The molecule has 0 bridgehead atoms. The minimum absolute atomic E-state index is 0.00576. The smallest absolute Gasteiger partial charge is 0.247 e. The lowest BCUT2D eigenvalue weighted by Crippen LogP contribution is -2.44. The largest absolute Gasteiger partial charge is 0.281 e. The topological polar surface area (TPSA) is 66.1 Å². The highest BCUT2D eigenvalue weighted by Gasteiger charge is 2.35. The fourth-order valence-corrected chi connectivity index (χ4v) is 5.55. The average Bonchev–Trinajstić information content (AvgIpc) is 2.71. The maximum absolute atomic E-state index is 12.7. The molecule has 1 aromatic heterocycles. The van der Waals surface area contributed by atoms with Gasteiger partial charge in [-0.15, -0.1) is 11.6 Å². The summed E-state index contributed by atoms with van der Waals surface area (Å²) in [6.07, 6.45) is 0. The lowest BCUT2D eigenvalue weighted by atomic mass is 10.4. The first-order valence-electron chi connectivity index (χ1n) is 5.68. The highest BCUT2D eigenvalue weighted by atomic mass is 35.5. The van der Waals surface area contributed by atoms with Gasteiger partial charge < -0.3 is 0 Å². The molecule has 1 N–H and O–H groups in total. The summed E-state index contributed by atoms with van der Waals surface area (Å²) in [6, 6.07) is 0.00576. The summed E-state index contributed by atoms with van der Waals surface area (Å²) in [5.74, 6) is 1.75. The van der Waals surface area contributed by atoms with Crippen molar-refractivity contribution in [2.75, 3.05) is 18.1 Å². The SMILES string of the molecule is Cc1[nH]nc(CCl)c1S(=O)(=O)N1CCSCC1C. The van der Waals surface area contributed by atoms with Gasteiger partial charge in [0.1, 0.15) is 4.90 Å². The van der Waals surface area contributed by atoms with Gasteiger partial charge in [-0.3, -0.25) is 5.10 Å². The fourth-order valence-electron chi connectivity index (χ4n) is 2.09. The summed E-state index contributed by atoms with van der Waals surface area (Å²) in [5.41, 5.74) is 0.954. The van der Waals surface area contributed by atoms with Gasteiger partial charge in [0.2, 0.25) is 10.0 Å². The Morgan fingerprint density at radius 2 is 2.33 bits per heavy atom. The van der Waals surface area contributed by atoms with E-state index in [4.69, 9.17) is 11.6 Å². The van der Waals surface area contributed by atoms with E-state index in [-0.39, 0.29) is 16.8 Å². The minimum atomic E-state index is -3.50. The molecule has 0 radical (unpaired) electrons. The zero-order valence-corrected chi connectivity index (χ0v) is 12.7. The van der Waals surface area contributed by atoms with Crippen LogP contribution in [0, 0.1) is 6.92 Å². The van der Waals surface area contributed by atoms with E-state index in [9.17, 15) is 8.42 Å². The second-order valence-corrected chi connectivity index (χ2v) is 7.54. The van der Waals surface area contributed by atoms with Crippen molar-refractivity contribution in [1.82, 2.24) is 14.5 Å². The molecule has 2 rings (SSSR count). The molecule has 5 nitrogen and oxygen atoms in total. The van der Waals surface area contributed by atoms with Crippen molar-refractivity contribution in [3.63, 3.8) is 0 Å². The van der Waals surface area contributed by atoms with Crippen molar-refractivity contribution < 1.29 is 8.42 Å². The molecule has 8 heteroatoms. The van der Waals surface area contributed by atoms with Crippen LogP contribution in [-0.4, -0.2) is 47.0 Å². The quantitative estimate of drug-likeness (QED) is 0.861. The van der Waals surface area contributed by atoms with Crippen LogP contribution in [0.2, 0.25) is 0 Å². The molecule has 18 heavy (non-hydrogen) atoms. The number of nitrogens with one attached hydrogen (secondary N) is 1. The number of sulfonamides is 1. The fraction of sp³-hybridized carbons (Fsp3) is 0.700. The van der Waals surface area contributed by atoms with Crippen molar-refractivity contribution in [2.24, 2.45) is 0 Å². The maximum Gasteiger partial charge on any atom is 0.247 e. The first-order chi connectivity index (χ1) is 8.48. The van der Waals surface area contributed by atoms with Crippen molar-refractivity contribution >= 4 is 33.4 Å². The number of rotatable bonds is 3. The first-order valence-corrected chi connectivity index (χ1v) is 8.80. The molecule has 2 heterocycles. The Hall–Kier alpha value is -0.240. The molecule has 0 spiro atoms. The van der Waals surface area contributed by atoms with E-state index in [1.807, 2.05) is 6.92 Å². The van der Waals surface area contributed by atoms with E-state index < -0.39 is 10.0 Å². The molecule has 1 atom stereocenters. The van der Waals surface area contributed by atoms with E-state index in [2.05, 4.69) is 10.2 Å². The minimum Gasteiger partial charge on any atom is -0.281 e. The van der Waals surface area contributed by atoms with Crippen LogP contribution in [0.15, 0.2) is 4.90 Å². The number of thioether (sulfide) groups is 1. The lowest BCUT2D eigenvalue weighted by molar-refractivity contribution is 0.367. The number of hydrogen-bond donors (Lipinski definition) is 1. The number of H-pyrrole nitrogens is 1. The van der Waals surface area contributed by atoms with Gasteiger partial charge in [0.15, 0.2) is 0 Å². The molecule has 0 aromatic carbocycles. The third kappa shape index (κ3) is 2.41. The summed E-state index contributed by atoms with van der Waals surface area (Å²) in [4.78, 5) is 0.247. The van der Waals surface area contributed by atoms with Gasteiger partial charge in [0.25, 0.3) is 0 Å². The molecule has 102 valence electrons. The molecule has 0 amide bonds. The molecular formula is C10H16ClN3O2S2. The normalized spacial score (nSPS) is 22.3. The molecule has 1 unspecified atom stereocenters. The van der Waals surface area contributed by atoms with Crippen LogP contribution >= 0.6 is 23.4 Å². The molecule has 1 aromatic rings. The number of halogens is 1. The van der Waals surface area contributed by atoms with Crippen LogP contribution in [0.1, 0.15) is 18.3 Å². The van der Waals surface area contributed by atoms with Gasteiger partial charge in [-0.25, -0.2) is 8.42 Å². The van der Waals surface area contributed by atoms with E-state index in [1.54, 1.807) is 23.0 Å². The zero-order valence-electron chi connectivity index (χ0n) is 10.3. The lowest BCUT2D eigenvalue weighted by Gasteiger charge is -2.31. The Balaban J connectivity index is 2.44. The van der Waals surface area contributed by atoms with Crippen LogP contribution in [0.5, 0.6) is 0 Å². The summed E-state index contributed by atoms with van der Waals surface area (Å²) in [6.45, 7) is 4.18. The average molecular weight is 310 g/mol.